The number of ether oxygens (including phenoxy) is 3. The van der Waals surface area contributed by atoms with E-state index >= 15 is 0 Å². The molecule has 1 aromatic carbocycles. The van der Waals surface area contributed by atoms with E-state index in [0.717, 1.165) is 10.5 Å². The molecule has 3 unspecified atom stereocenters. The van der Waals surface area contributed by atoms with Crippen LogP contribution in [0.15, 0.2) is 18.2 Å². The number of rotatable bonds is 4. The fourth-order valence-corrected chi connectivity index (χ4v) is 4.68. The van der Waals surface area contributed by atoms with Crippen molar-refractivity contribution < 1.29 is 34.3 Å². The van der Waals surface area contributed by atoms with E-state index in [0.29, 0.717) is 30.8 Å². The van der Waals surface area contributed by atoms with Crippen LogP contribution in [0.5, 0.6) is 11.5 Å². The van der Waals surface area contributed by atoms with Crippen molar-refractivity contribution in [3.63, 3.8) is 0 Å². The van der Waals surface area contributed by atoms with Gasteiger partial charge in [-0.2, -0.15) is 4.90 Å². The van der Waals surface area contributed by atoms with E-state index in [4.69, 9.17) is 14.2 Å². The number of likely N-dealkylation sites (tertiary alicyclic amines) is 1. The van der Waals surface area contributed by atoms with Gasteiger partial charge in [-0.05, 0) is 30.5 Å². The molecule has 25 heavy (non-hydrogen) atoms. The molecule has 8 nitrogen and oxygen atoms in total. The van der Waals surface area contributed by atoms with E-state index in [2.05, 4.69) is 0 Å². The SMILES string of the molecule is COc1ccc(C23CCC(=O)C4OC42N(C(O)(O)O)CC3)cc1OC. The highest BCUT2D eigenvalue weighted by atomic mass is 16.7. The van der Waals surface area contributed by atoms with Gasteiger partial charge in [0.1, 0.15) is 0 Å². The Balaban J connectivity index is 1.84. The number of methoxy groups -OCH3 is 2. The molecule has 2 saturated heterocycles. The summed E-state index contributed by atoms with van der Waals surface area (Å²) >= 11 is 0. The number of epoxide rings is 1. The van der Waals surface area contributed by atoms with Crippen molar-refractivity contribution >= 4 is 5.78 Å². The van der Waals surface area contributed by atoms with Gasteiger partial charge in [0.05, 0.1) is 14.2 Å². The molecule has 3 N–H and O–H groups in total. The summed E-state index contributed by atoms with van der Waals surface area (Å²) in [4.78, 5) is 13.3. The molecule has 136 valence electrons. The Morgan fingerprint density at radius 3 is 2.56 bits per heavy atom. The van der Waals surface area contributed by atoms with Crippen LogP contribution in [-0.2, 0) is 14.9 Å². The quantitative estimate of drug-likeness (QED) is 0.500. The van der Waals surface area contributed by atoms with E-state index in [1.807, 2.05) is 12.1 Å². The molecule has 4 rings (SSSR count). The third kappa shape index (κ3) is 2.03. The second-order valence-electron chi connectivity index (χ2n) is 6.81. The Labute approximate surface area is 144 Å². The number of ketones is 1. The summed E-state index contributed by atoms with van der Waals surface area (Å²) in [6.45, 7) is 0.182. The second-order valence-corrected chi connectivity index (χ2v) is 6.81. The van der Waals surface area contributed by atoms with Gasteiger partial charge < -0.3 is 29.5 Å². The Morgan fingerprint density at radius 2 is 1.92 bits per heavy atom. The monoisotopic (exact) mass is 351 g/mol. The summed E-state index contributed by atoms with van der Waals surface area (Å²) < 4.78 is 16.4. The smallest absolute Gasteiger partial charge is 0.348 e. The van der Waals surface area contributed by atoms with E-state index in [1.165, 1.54) is 7.11 Å². The van der Waals surface area contributed by atoms with Crippen molar-refractivity contribution in [2.24, 2.45) is 0 Å². The summed E-state index contributed by atoms with van der Waals surface area (Å²) in [5.74, 6) is 1.03. The van der Waals surface area contributed by atoms with Gasteiger partial charge in [0.15, 0.2) is 29.1 Å². The third-order valence-electron chi connectivity index (χ3n) is 5.83. The summed E-state index contributed by atoms with van der Waals surface area (Å²) in [7, 11) is 3.09. The van der Waals surface area contributed by atoms with Gasteiger partial charge in [-0.3, -0.25) is 4.79 Å². The number of hydrogen-bond acceptors (Lipinski definition) is 8. The molecule has 0 aromatic heterocycles. The number of hydrogen-bond donors (Lipinski definition) is 3. The molecule has 3 aliphatic rings. The van der Waals surface area contributed by atoms with Crippen LogP contribution in [0.1, 0.15) is 24.8 Å². The molecule has 1 aliphatic carbocycles. The van der Waals surface area contributed by atoms with Crippen molar-refractivity contribution in [3.05, 3.63) is 23.8 Å². The zero-order valence-corrected chi connectivity index (χ0v) is 14.1. The van der Waals surface area contributed by atoms with Gasteiger partial charge >= 0.3 is 6.10 Å². The highest BCUT2D eigenvalue weighted by molar-refractivity contribution is 5.89. The van der Waals surface area contributed by atoms with Crippen LogP contribution in [0.25, 0.3) is 0 Å². The summed E-state index contributed by atoms with van der Waals surface area (Å²) in [6.07, 6.45) is -2.49. The largest absolute Gasteiger partial charge is 0.493 e. The van der Waals surface area contributed by atoms with Crippen LogP contribution in [0.3, 0.4) is 0 Å². The maximum Gasteiger partial charge on any atom is 0.348 e. The molecule has 0 amide bonds. The van der Waals surface area contributed by atoms with Crippen molar-refractivity contribution in [3.8, 4) is 11.5 Å². The zero-order valence-electron chi connectivity index (χ0n) is 14.1. The number of nitrogens with zero attached hydrogens (tertiary/aromatic N) is 1. The normalized spacial score (nSPS) is 34.4. The zero-order chi connectivity index (χ0) is 18.0. The molecule has 0 radical (unpaired) electrons. The first-order valence-corrected chi connectivity index (χ1v) is 8.18. The second kappa shape index (κ2) is 5.15. The van der Waals surface area contributed by atoms with Crippen LogP contribution < -0.4 is 9.47 Å². The molecule has 2 heterocycles. The molecular formula is C17H21NO7. The van der Waals surface area contributed by atoms with E-state index < -0.39 is 23.3 Å². The number of benzene rings is 1. The van der Waals surface area contributed by atoms with Gasteiger partial charge in [0, 0.05) is 18.4 Å². The highest BCUT2D eigenvalue weighted by Crippen LogP contribution is 2.65. The number of carbonyl (C=O) groups excluding carboxylic acids is 1. The standard InChI is InChI=1S/C17H21NO7/c1-23-12-4-3-10(9-13(12)24-2)15-6-5-11(19)14-16(15,25-14)18(8-7-15)17(20,21)22/h3-4,9,14,20-22H,5-8H2,1-2H3. The summed E-state index contributed by atoms with van der Waals surface area (Å²) in [5, 5.41) is 29.3. The Hall–Kier alpha value is -1.71. The van der Waals surface area contributed by atoms with Crippen molar-refractivity contribution in [2.45, 2.75) is 42.6 Å². The average Bonchev–Trinajstić information content (AvgIpc) is 3.23. The molecule has 8 heteroatoms. The predicted octanol–water partition coefficient (Wildman–Crippen LogP) is -0.306. The Kier molecular flexibility index (Phi) is 3.45. The first-order valence-electron chi connectivity index (χ1n) is 8.18. The van der Waals surface area contributed by atoms with Gasteiger partial charge in [-0.25, -0.2) is 0 Å². The van der Waals surface area contributed by atoms with Crippen LogP contribution in [0, 0.1) is 0 Å². The maximum atomic E-state index is 12.2. The van der Waals surface area contributed by atoms with Gasteiger partial charge in [0.2, 0.25) is 0 Å². The fraction of sp³-hybridized carbons (Fsp3) is 0.588. The predicted molar refractivity (Wildman–Crippen MR) is 83.8 cm³/mol. The Morgan fingerprint density at radius 1 is 1.20 bits per heavy atom. The minimum absolute atomic E-state index is 0.0905. The molecule has 3 fully saturated rings. The number of aliphatic hydroxyl groups is 3. The minimum Gasteiger partial charge on any atom is -0.493 e. The van der Waals surface area contributed by atoms with E-state index in [9.17, 15) is 20.1 Å². The van der Waals surface area contributed by atoms with Crippen LogP contribution >= 0.6 is 0 Å². The lowest BCUT2D eigenvalue weighted by atomic mass is 9.65. The van der Waals surface area contributed by atoms with Crippen LogP contribution in [0.2, 0.25) is 0 Å². The number of Topliss-reactive ketones (excluding diaryl/α,β-unsaturated/α-hetero) is 1. The molecule has 1 saturated carbocycles. The average molecular weight is 351 g/mol. The molecule has 1 spiro atoms. The van der Waals surface area contributed by atoms with Crippen LogP contribution in [-0.4, -0.2) is 64.7 Å². The molecule has 3 atom stereocenters. The van der Waals surface area contributed by atoms with Crippen molar-refractivity contribution in [1.82, 2.24) is 4.90 Å². The lowest BCUT2D eigenvalue weighted by Crippen LogP contribution is -2.60. The van der Waals surface area contributed by atoms with Gasteiger partial charge in [-0.15, -0.1) is 0 Å². The lowest BCUT2D eigenvalue weighted by molar-refractivity contribution is -0.406. The Bertz CT molecular complexity index is 730. The highest BCUT2D eigenvalue weighted by Gasteiger charge is 2.81. The fourth-order valence-electron chi connectivity index (χ4n) is 4.68. The summed E-state index contributed by atoms with van der Waals surface area (Å²) in [6, 6.07) is 5.47. The lowest BCUT2D eigenvalue weighted by Gasteiger charge is -2.41. The first-order chi connectivity index (χ1) is 11.8. The van der Waals surface area contributed by atoms with Crippen molar-refractivity contribution in [1.29, 1.82) is 0 Å². The van der Waals surface area contributed by atoms with Gasteiger partial charge in [0.25, 0.3) is 0 Å². The number of carbonyl (C=O) groups is 1. The topological polar surface area (TPSA) is 112 Å². The van der Waals surface area contributed by atoms with E-state index in [1.54, 1.807) is 13.2 Å². The minimum atomic E-state index is -3.05. The van der Waals surface area contributed by atoms with E-state index in [-0.39, 0.29) is 12.3 Å². The summed E-state index contributed by atoms with van der Waals surface area (Å²) in [5.41, 5.74) is -1.04. The van der Waals surface area contributed by atoms with Gasteiger partial charge in [-0.1, -0.05) is 6.07 Å². The van der Waals surface area contributed by atoms with Crippen LogP contribution in [0.4, 0.5) is 0 Å². The third-order valence-corrected chi connectivity index (χ3v) is 5.83. The molecule has 1 aromatic rings. The molecule has 2 aliphatic heterocycles. The first kappa shape index (κ1) is 16.7. The molecular weight excluding hydrogens is 330 g/mol. The maximum absolute atomic E-state index is 12.2. The molecule has 0 bridgehead atoms. The van der Waals surface area contributed by atoms with Crippen molar-refractivity contribution in [2.75, 3.05) is 20.8 Å².